The van der Waals surface area contributed by atoms with Crippen LogP contribution >= 0.6 is 12.4 Å². The van der Waals surface area contributed by atoms with E-state index in [-0.39, 0.29) is 18.3 Å². The number of hydrogen-bond donors (Lipinski definition) is 1. The molecule has 1 amide bonds. The third kappa shape index (κ3) is 3.16. The summed E-state index contributed by atoms with van der Waals surface area (Å²) in [6, 6.07) is 6.65. The van der Waals surface area contributed by atoms with E-state index in [0.29, 0.717) is 17.7 Å². The molecular formula is C18H27ClN2O. The highest BCUT2D eigenvalue weighted by molar-refractivity contribution is 5.96. The standard InChI is InChI=1S/C18H26N2O.ClH/c1-12(2)14-6-7-17-15(9-14)5-4-8-20(17)18(21)13(3)16-10-19-11-16;/h6-7,9,12-13,16,19H,4-5,8,10-11H2,1-3H3;1H. The molecule has 0 aliphatic carbocycles. The number of rotatable bonds is 3. The molecule has 1 N–H and O–H groups in total. The lowest BCUT2D eigenvalue weighted by atomic mass is 9.87. The second-order valence-corrected chi connectivity index (χ2v) is 6.84. The molecule has 0 bridgehead atoms. The van der Waals surface area contributed by atoms with E-state index < -0.39 is 0 Å². The van der Waals surface area contributed by atoms with Crippen molar-refractivity contribution < 1.29 is 4.79 Å². The first-order valence-corrected chi connectivity index (χ1v) is 8.23. The Labute approximate surface area is 139 Å². The van der Waals surface area contributed by atoms with Crippen molar-refractivity contribution in [1.82, 2.24) is 5.32 Å². The van der Waals surface area contributed by atoms with Crippen molar-refractivity contribution in [3.63, 3.8) is 0 Å². The average molecular weight is 323 g/mol. The normalized spacial score (nSPS) is 19.2. The predicted octanol–water partition coefficient (Wildman–Crippen LogP) is 3.37. The minimum absolute atomic E-state index is 0. The van der Waals surface area contributed by atoms with Crippen LogP contribution in [0.4, 0.5) is 5.69 Å². The number of aryl methyl sites for hydroxylation is 1. The van der Waals surface area contributed by atoms with Gasteiger partial charge in [-0.3, -0.25) is 4.79 Å². The van der Waals surface area contributed by atoms with Crippen LogP contribution in [0.2, 0.25) is 0 Å². The first-order valence-electron chi connectivity index (χ1n) is 8.23. The average Bonchev–Trinajstić information content (AvgIpc) is 2.43. The highest BCUT2D eigenvalue weighted by Gasteiger charge is 2.33. The first-order chi connectivity index (χ1) is 10.1. The van der Waals surface area contributed by atoms with Crippen molar-refractivity contribution in [3.8, 4) is 0 Å². The molecule has 3 nitrogen and oxygen atoms in total. The maximum absolute atomic E-state index is 12.8. The Morgan fingerprint density at radius 2 is 2.00 bits per heavy atom. The molecule has 3 rings (SSSR count). The largest absolute Gasteiger partial charge is 0.316 e. The van der Waals surface area contributed by atoms with E-state index in [0.717, 1.165) is 38.2 Å². The highest BCUT2D eigenvalue weighted by atomic mass is 35.5. The number of amides is 1. The van der Waals surface area contributed by atoms with Gasteiger partial charge in [-0.25, -0.2) is 0 Å². The number of nitrogens with zero attached hydrogens (tertiary/aromatic N) is 1. The summed E-state index contributed by atoms with van der Waals surface area (Å²) in [7, 11) is 0. The Hall–Kier alpha value is -1.06. The summed E-state index contributed by atoms with van der Waals surface area (Å²) in [5.74, 6) is 1.49. The number of carbonyl (C=O) groups excluding carboxylic acids is 1. The molecule has 0 saturated carbocycles. The molecule has 0 spiro atoms. The topological polar surface area (TPSA) is 32.3 Å². The van der Waals surface area contributed by atoms with Gasteiger partial charge in [-0.05, 0) is 55.0 Å². The maximum Gasteiger partial charge on any atom is 0.230 e. The lowest BCUT2D eigenvalue weighted by Crippen LogP contribution is -2.51. The second-order valence-electron chi connectivity index (χ2n) is 6.84. The monoisotopic (exact) mass is 322 g/mol. The Morgan fingerprint density at radius 1 is 1.27 bits per heavy atom. The number of benzene rings is 1. The second kappa shape index (κ2) is 7.01. The maximum atomic E-state index is 12.8. The van der Waals surface area contributed by atoms with E-state index in [2.05, 4.69) is 44.3 Å². The molecule has 1 aromatic carbocycles. The molecule has 2 aliphatic rings. The summed E-state index contributed by atoms with van der Waals surface area (Å²) in [4.78, 5) is 14.8. The van der Waals surface area contributed by atoms with Crippen LogP contribution in [-0.4, -0.2) is 25.5 Å². The lowest BCUT2D eigenvalue weighted by molar-refractivity contribution is -0.124. The SMILES string of the molecule is CC(C)c1ccc2c(c1)CCCN2C(=O)C(C)C1CNC1.Cl. The number of anilines is 1. The van der Waals surface area contributed by atoms with Crippen molar-refractivity contribution in [2.24, 2.45) is 11.8 Å². The molecule has 1 saturated heterocycles. The molecule has 1 aromatic rings. The number of nitrogens with one attached hydrogen (secondary N) is 1. The van der Waals surface area contributed by atoms with Crippen LogP contribution in [0.15, 0.2) is 18.2 Å². The van der Waals surface area contributed by atoms with Crippen LogP contribution < -0.4 is 10.2 Å². The molecule has 122 valence electrons. The van der Waals surface area contributed by atoms with Crippen LogP contribution in [0.1, 0.15) is 44.2 Å². The molecule has 1 unspecified atom stereocenters. The van der Waals surface area contributed by atoms with E-state index in [9.17, 15) is 4.79 Å². The summed E-state index contributed by atoms with van der Waals surface area (Å²) >= 11 is 0. The van der Waals surface area contributed by atoms with Crippen molar-refractivity contribution >= 4 is 24.0 Å². The molecule has 0 radical (unpaired) electrons. The quantitative estimate of drug-likeness (QED) is 0.925. The van der Waals surface area contributed by atoms with Crippen molar-refractivity contribution in [3.05, 3.63) is 29.3 Å². The third-order valence-electron chi connectivity index (χ3n) is 5.06. The van der Waals surface area contributed by atoms with Crippen LogP contribution in [0, 0.1) is 11.8 Å². The van der Waals surface area contributed by atoms with E-state index in [4.69, 9.17) is 0 Å². The Kier molecular flexibility index (Phi) is 5.51. The van der Waals surface area contributed by atoms with E-state index in [1.54, 1.807) is 0 Å². The number of carbonyl (C=O) groups is 1. The van der Waals surface area contributed by atoms with Gasteiger partial charge in [-0.2, -0.15) is 0 Å². The van der Waals surface area contributed by atoms with E-state index in [1.165, 1.54) is 11.1 Å². The molecule has 0 aromatic heterocycles. The molecule has 1 fully saturated rings. The number of fused-ring (bicyclic) bond motifs is 1. The molecule has 22 heavy (non-hydrogen) atoms. The summed E-state index contributed by atoms with van der Waals surface area (Å²) in [6.45, 7) is 9.38. The Bertz CT molecular complexity index is 540. The van der Waals surface area contributed by atoms with Gasteiger partial charge in [0.25, 0.3) is 0 Å². The minimum Gasteiger partial charge on any atom is -0.316 e. The third-order valence-corrected chi connectivity index (χ3v) is 5.06. The Morgan fingerprint density at radius 3 is 2.59 bits per heavy atom. The van der Waals surface area contributed by atoms with Gasteiger partial charge < -0.3 is 10.2 Å². The lowest BCUT2D eigenvalue weighted by Gasteiger charge is -2.37. The molecular weight excluding hydrogens is 296 g/mol. The van der Waals surface area contributed by atoms with Gasteiger partial charge in [0.05, 0.1) is 0 Å². The van der Waals surface area contributed by atoms with Crippen molar-refractivity contribution in [2.45, 2.75) is 39.5 Å². The fourth-order valence-electron chi connectivity index (χ4n) is 3.32. The number of hydrogen-bond acceptors (Lipinski definition) is 2. The molecule has 2 aliphatic heterocycles. The van der Waals surface area contributed by atoms with Crippen LogP contribution in [0.5, 0.6) is 0 Å². The van der Waals surface area contributed by atoms with Crippen molar-refractivity contribution in [2.75, 3.05) is 24.5 Å². The fourth-order valence-corrected chi connectivity index (χ4v) is 3.32. The number of halogens is 1. The zero-order valence-corrected chi connectivity index (χ0v) is 14.6. The smallest absolute Gasteiger partial charge is 0.230 e. The summed E-state index contributed by atoms with van der Waals surface area (Å²) in [5, 5.41) is 3.27. The summed E-state index contributed by atoms with van der Waals surface area (Å²) < 4.78 is 0. The van der Waals surface area contributed by atoms with Gasteiger partial charge in [0.2, 0.25) is 5.91 Å². The fraction of sp³-hybridized carbons (Fsp3) is 0.611. The van der Waals surface area contributed by atoms with Crippen molar-refractivity contribution in [1.29, 1.82) is 0 Å². The van der Waals surface area contributed by atoms with Gasteiger partial charge in [0, 0.05) is 18.2 Å². The zero-order valence-electron chi connectivity index (χ0n) is 13.8. The predicted molar refractivity (Wildman–Crippen MR) is 94.0 cm³/mol. The molecule has 1 atom stereocenters. The highest BCUT2D eigenvalue weighted by Crippen LogP contribution is 2.32. The molecule has 4 heteroatoms. The van der Waals surface area contributed by atoms with E-state index in [1.807, 2.05) is 4.90 Å². The zero-order chi connectivity index (χ0) is 15.0. The summed E-state index contributed by atoms with van der Waals surface area (Å²) in [5.41, 5.74) is 3.87. The van der Waals surface area contributed by atoms with Gasteiger partial charge in [-0.15, -0.1) is 12.4 Å². The van der Waals surface area contributed by atoms with E-state index >= 15 is 0 Å². The van der Waals surface area contributed by atoms with Gasteiger partial charge in [-0.1, -0.05) is 32.9 Å². The summed E-state index contributed by atoms with van der Waals surface area (Å²) in [6.07, 6.45) is 2.18. The molecule has 2 heterocycles. The van der Waals surface area contributed by atoms with Crippen LogP contribution in [0.3, 0.4) is 0 Å². The van der Waals surface area contributed by atoms with Gasteiger partial charge in [0.15, 0.2) is 0 Å². The van der Waals surface area contributed by atoms with Crippen LogP contribution in [-0.2, 0) is 11.2 Å². The first kappa shape index (κ1) is 17.3. The van der Waals surface area contributed by atoms with Crippen LogP contribution in [0.25, 0.3) is 0 Å². The van der Waals surface area contributed by atoms with Gasteiger partial charge >= 0.3 is 0 Å². The van der Waals surface area contributed by atoms with Gasteiger partial charge in [0.1, 0.15) is 0 Å². The minimum atomic E-state index is 0. The Balaban J connectivity index is 0.00000176.